The number of rotatable bonds is 8. The van der Waals surface area contributed by atoms with Crippen molar-refractivity contribution >= 4 is 17.5 Å². The molecule has 198 valence electrons. The van der Waals surface area contributed by atoms with E-state index in [1.54, 1.807) is 0 Å². The van der Waals surface area contributed by atoms with Gasteiger partial charge in [0.25, 0.3) is 0 Å². The third-order valence-electron chi connectivity index (χ3n) is 7.45. The van der Waals surface area contributed by atoms with Gasteiger partial charge in [-0.05, 0) is 45.4 Å². The first-order valence-corrected chi connectivity index (χ1v) is 13.2. The summed E-state index contributed by atoms with van der Waals surface area (Å²) in [6, 6.07) is 26.1. The Bertz CT molecular complexity index is 1490. The molecule has 2 aromatic heterocycles. The molecular formula is C33H33N3O3. The first kappa shape index (κ1) is 26.2. The number of benzene rings is 2. The van der Waals surface area contributed by atoms with Gasteiger partial charge in [-0.3, -0.25) is 4.79 Å². The van der Waals surface area contributed by atoms with Crippen LogP contribution in [0.2, 0.25) is 0 Å². The Morgan fingerprint density at radius 1 is 0.974 bits per heavy atom. The van der Waals surface area contributed by atoms with E-state index in [1.807, 2.05) is 94.4 Å². The molecule has 0 unspecified atom stereocenters. The molecule has 6 nitrogen and oxygen atoms in total. The van der Waals surface area contributed by atoms with Crippen LogP contribution in [-0.2, 0) is 14.9 Å². The van der Waals surface area contributed by atoms with Crippen molar-refractivity contribution in [1.29, 1.82) is 0 Å². The molecule has 5 rings (SSSR count). The summed E-state index contributed by atoms with van der Waals surface area (Å²) in [6.07, 6.45) is 8.35. The Morgan fingerprint density at radius 3 is 2.31 bits per heavy atom. The van der Waals surface area contributed by atoms with Crippen molar-refractivity contribution in [3.8, 4) is 11.3 Å². The maximum absolute atomic E-state index is 13.4. The summed E-state index contributed by atoms with van der Waals surface area (Å²) in [6.45, 7) is 7.76. The third-order valence-corrected chi connectivity index (χ3v) is 7.45. The van der Waals surface area contributed by atoms with Gasteiger partial charge in [0.05, 0.1) is 23.1 Å². The fourth-order valence-electron chi connectivity index (χ4n) is 5.06. The van der Waals surface area contributed by atoms with Crippen LogP contribution in [0.25, 0.3) is 11.3 Å². The normalized spacial score (nSPS) is 18.6. The number of carbonyl (C=O) groups excluding carboxylic acids is 1. The molecule has 2 aromatic carbocycles. The second-order valence-electron chi connectivity index (χ2n) is 10.2. The molecule has 0 atom stereocenters. The van der Waals surface area contributed by atoms with E-state index in [0.717, 1.165) is 11.3 Å². The van der Waals surface area contributed by atoms with Gasteiger partial charge in [0.15, 0.2) is 5.76 Å². The van der Waals surface area contributed by atoms with Crippen molar-refractivity contribution in [2.24, 2.45) is 5.41 Å². The number of anilines is 2. The highest BCUT2D eigenvalue weighted by atomic mass is 16.5. The number of hydrogen-bond acceptors (Lipinski definition) is 6. The van der Waals surface area contributed by atoms with Gasteiger partial charge < -0.3 is 14.6 Å². The fourth-order valence-corrected chi connectivity index (χ4v) is 5.06. The number of nitrogens with one attached hydrogen (secondary N) is 1. The maximum Gasteiger partial charge on any atom is 0.313 e. The van der Waals surface area contributed by atoms with Gasteiger partial charge in [-0.2, -0.15) is 0 Å². The number of esters is 1. The Balaban J connectivity index is 1.58. The van der Waals surface area contributed by atoms with Gasteiger partial charge in [-0.1, -0.05) is 96.2 Å². The molecular weight excluding hydrogens is 486 g/mol. The number of aromatic nitrogens is 2. The molecule has 2 heterocycles. The predicted molar refractivity (Wildman–Crippen MR) is 154 cm³/mol. The van der Waals surface area contributed by atoms with Crippen molar-refractivity contribution in [3.05, 3.63) is 120 Å². The van der Waals surface area contributed by atoms with Crippen LogP contribution < -0.4 is 5.32 Å². The molecule has 1 aliphatic carbocycles. The van der Waals surface area contributed by atoms with Gasteiger partial charge in [0.2, 0.25) is 0 Å². The maximum atomic E-state index is 13.4. The Morgan fingerprint density at radius 2 is 1.64 bits per heavy atom. The predicted octanol–water partition coefficient (Wildman–Crippen LogP) is 7.53. The molecule has 0 fully saturated rings. The van der Waals surface area contributed by atoms with Crippen molar-refractivity contribution in [3.63, 3.8) is 0 Å². The zero-order valence-corrected chi connectivity index (χ0v) is 22.7. The number of nitrogens with zero attached hydrogens (tertiary/aromatic N) is 2. The summed E-state index contributed by atoms with van der Waals surface area (Å²) in [7, 11) is 0. The van der Waals surface area contributed by atoms with Gasteiger partial charge in [0.1, 0.15) is 17.2 Å². The summed E-state index contributed by atoms with van der Waals surface area (Å²) >= 11 is 0. The van der Waals surface area contributed by atoms with Crippen LogP contribution in [0.1, 0.15) is 43.7 Å². The van der Waals surface area contributed by atoms with E-state index in [4.69, 9.17) is 14.2 Å². The minimum absolute atomic E-state index is 0.0713. The minimum atomic E-state index is -1.00. The summed E-state index contributed by atoms with van der Waals surface area (Å²) in [5, 5.41) is 7.78. The number of carbonyl (C=O) groups is 1. The molecule has 39 heavy (non-hydrogen) atoms. The molecule has 0 spiro atoms. The highest BCUT2D eigenvalue weighted by Crippen LogP contribution is 2.51. The Kier molecular flexibility index (Phi) is 7.20. The summed E-state index contributed by atoms with van der Waals surface area (Å²) in [5.74, 6) is 0.937. The number of ether oxygens (including phenoxy) is 1. The van der Waals surface area contributed by atoms with E-state index >= 15 is 0 Å². The van der Waals surface area contributed by atoms with Crippen LogP contribution in [-0.4, -0.2) is 22.7 Å². The van der Waals surface area contributed by atoms with Crippen molar-refractivity contribution in [1.82, 2.24) is 10.1 Å². The van der Waals surface area contributed by atoms with Crippen LogP contribution in [0.3, 0.4) is 0 Å². The first-order valence-electron chi connectivity index (χ1n) is 13.2. The number of pyridine rings is 1. The summed E-state index contributed by atoms with van der Waals surface area (Å²) < 4.78 is 11.6. The zero-order valence-electron chi connectivity index (χ0n) is 22.7. The highest BCUT2D eigenvalue weighted by Gasteiger charge is 2.54. The lowest BCUT2D eigenvalue weighted by Gasteiger charge is -2.41. The van der Waals surface area contributed by atoms with Gasteiger partial charge in [0, 0.05) is 11.5 Å². The van der Waals surface area contributed by atoms with E-state index < -0.39 is 10.8 Å². The summed E-state index contributed by atoms with van der Waals surface area (Å²) in [4.78, 5) is 18.2. The highest BCUT2D eigenvalue weighted by molar-refractivity contribution is 5.81. The van der Waals surface area contributed by atoms with Crippen LogP contribution in [0.15, 0.2) is 108 Å². The van der Waals surface area contributed by atoms with Crippen LogP contribution in [0, 0.1) is 12.3 Å². The second kappa shape index (κ2) is 10.7. The average Bonchev–Trinajstić information content (AvgIpc) is 3.34. The molecule has 1 aliphatic rings. The van der Waals surface area contributed by atoms with Crippen LogP contribution in [0.5, 0.6) is 0 Å². The first-order chi connectivity index (χ1) is 18.9. The monoisotopic (exact) mass is 519 g/mol. The van der Waals surface area contributed by atoms with E-state index in [0.29, 0.717) is 23.0 Å². The standard InChI is InChI=1S/C33H33N3O3/c1-5-38-31(37)32(3,4)33(21-19-25(20-22-33)24-13-8-6-9-14-24)30-29(23(2)36-39-30)35-28-18-12-17-27(34-28)26-15-10-7-11-16-26/h6-22,25H,5H2,1-4H3,(H,34,35). The van der Waals surface area contributed by atoms with Gasteiger partial charge in [-0.15, -0.1) is 0 Å². The third kappa shape index (κ3) is 4.90. The molecule has 0 aliphatic heterocycles. The van der Waals surface area contributed by atoms with E-state index in [1.165, 1.54) is 5.56 Å². The van der Waals surface area contributed by atoms with Gasteiger partial charge in [-0.25, -0.2) is 4.98 Å². The van der Waals surface area contributed by atoms with Crippen LogP contribution in [0.4, 0.5) is 11.5 Å². The number of hydrogen-bond donors (Lipinski definition) is 1. The van der Waals surface area contributed by atoms with Crippen molar-refractivity contribution < 1.29 is 14.1 Å². The lowest BCUT2D eigenvalue weighted by atomic mass is 9.61. The number of aryl methyl sites for hydroxylation is 1. The molecule has 4 aromatic rings. The average molecular weight is 520 g/mol. The molecule has 0 radical (unpaired) electrons. The van der Waals surface area contributed by atoms with E-state index in [-0.39, 0.29) is 18.5 Å². The number of allylic oxidation sites excluding steroid dienone is 4. The molecule has 0 amide bonds. The fraction of sp³-hybridized carbons (Fsp3) is 0.242. The summed E-state index contributed by atoms with van der Waals surface area (Å²) in [5.41, 5.74) is 2.43. The molecule has 0 saturated heterocycles. The quantitative estimate of drug-likeness (QED) is 0.192. The van der Waals surface area contributed by atoms with Crippen molar-refractivity contribution in [2.45, 2.75) is 39.0 Å². The van der Waals surface area contributed by atoms with Crippen molar-refractivity contribution in [2.75, 3.05) is 11.9 Å². The SMILES string of the molecule is CCOC(=O)C(C)(C)C1(c2onc(C)c2Nc2cccc(-c3ccccc3)n2)C=CC(c2ccccc2)C=C1. The smallest absolute Gasteiger partial charge is 0.313 e. The molecule has 0 bridgehead atoms. The van der Waals surface area contributed by atoms with E-state index in [2.05, 4.69) is 46.9 Å². The van der Waals surface area contributed by atoms with Crippen LogP contribution >= 0.6 is 0 Å². The topological polar surface area (TPSA) is 77.2 Å². The van der Waals surface area contributed by atoms with Gasteiger partial charge >= 0.3 is 5.97 Å². The minimum Gasteiger partial charge on any atom is -0.466 e. The van der Waals surface area contributed by atoms with E-state index in [9.17, 15) is 4.79 Å². The lowest BCUT2D eigenvalue weighted by Crippen LogP contribution is -2.46. The Labute approximate surface area is 229 Å². The molecule has 0 saturated carbocycles. The zero-order chi connectivity index (χ0) is 27.5. The Hall–Kier alpha value is -4.45. The molecule has 6 heteroatoms. The largest absolute Gasteiger partial charge is 0.466 e. The molecule has 1 N–H and O–H groups in total. The second-order valence-corrected chi connectivity index (χ2v) is 10.2. The lowest BCUT2D eigenvalue weighted by molar-refractivity contribution is -0.156.